The van der Waals surface area contributed by atoms with Crippen LogP contribution < -0.4 is 34.8 Å². The van der Waals surface area contributed by atoms with Gasteiger partial charge in [0.2, 0.25) is 28.1 Å². The number of nitrogens with one attached hydrogen (secondary N) is 2. The molecular weight excluding hydrogens is 1260 g/mol. The molecule has 2 N–H and O–H groups in total. The Morgan fingerprint density at radius 2 is 1.13 bits per heavy atom. The second-order valence-corrected chi connectivity index (χ2v) is 27.4. The van der Waals surface area contributed by atoms with E-state index in [0.29, 0.717) is 65.2 Å². The van der Waals surface area contributed by atoms with Gasteiger partial charge in [0.25, 0.3) is 5.56 Å². The van der Waals surface area contributed by atoms with Crippen molar-refractivity contribution in [1.82, 2.24) is 55.2 Å². The maximum Gasteiger partial charge on any atom is 0.266 e. The summed E-state index contributed by atoms with van der Waals surface area (Å²) in [5, 5.41) is 5.20. The first-order chi connectivity index (χ1) is 45.3. The molecule has 0 radical (unpaired) electrons. The Labute approximate surface area is 556 Å². The van der Waals surface area contributed by atoms with Crippen molar-refractivity contribution in [1.29, 1.82) is 0 Å². The number of nitrogens with zero attached hydrogens (tertiary/aromatic N) is 12. The van der Waals surface area contributed by atoms with Crippen molar-refractivity contribution >= 4 is 122 Å². The number of fused-ring (bicyclic) bond motifs is 1. The number of pyridine rings is 3. The van der Waals surface area contributed by atoms with Gasteiger partial charge in [-0.25, -0.2) is 39.3 Å². The van der Waals surface area contributed by atoms with Crippen LogP contribution in [-0.4, -0.2) is 117 Å². The Hall–Kier alpha value is -8.22. The van der Waals surface area contributed by atoms with E-state index >= 15 is 0 Å². The van der Waals surface area contributed by atoms with Crippen molar-refractivity contribution in [3.63, 3.8) is 0 Å². The van der Waals surface area contributed by atoms with E-state index in [-0.39, 0.29) is 46.0 Å². The number of aromatic amines is 1. The SMILES string of the molecule is C=c1[nH]c(=O)/c(=C/c2ccnc(N3CCC(CNCc4ccnc5ccccc45)CC3)n2)s1.O=C1CC(=O)/C(=C/c2ccnc(N3CCC(CCCc4ccc(F)cn4)CC3)n2)S1.O=C1CC(=O)/C(=C/c2ccnc(N3CCC(CCCc4ccnc(Cl)c4)CC3)n2)S1. The summed E-state index contributed by atoms with van der Waals surface area (Å²) in [6.07, 6.45) is 28.2. The number of piperidine rings is 3. The minimum absolute atomic E-state index is 0.0177. The van der Waals surface area contributed by atoms with Crippen LogP contribution in [0.1, 0.15) is 111 Å². The number of allylic oxidation sites excluding steroid dienone is 2. The van der Waals surface area contributed by atoms with E-state index in [9.17, 15) is 28.4 Å². The molecule has 13 rings (SSSR count). The van der Waals surface area contributed by atoms with Crippen molar-refractivity contribution in [3.8, 4) is 0 Å². The van der Waals surface area contributed by atoms with Crippen LogP contribution in [0.3, 0.4) is 0 Å². The minimum Gasteiger partial charge on any atom is -0.341 e. The van der Waals surface area contributed by atoms with Gasteiger partial charge in [-0.1, -0.05) is 36.4 Å². The highest BCUT2D eigenvalue weighted by atomic mass is 35.5. The fourth-order valence-corrected chi connectivity index (χ4v) is 14.5. The number of para-hydroxylation sites is 1. The molecule has 5 saturated heterocycles. The molecule has 5 fully saturated rings. The predicted octanol–water partition coefficient (Wildman–Crippen LogP) is 10.2. The number of aryl methyl sites for hydroxylation is 2. The van der Waals surface area contributed by atoms with Crippen LogP contribution in [0.25, 0.3) is 35.7 Å². The van der Waals surface area contributed by atoms with Gasteiger partial charge in [0.05, 0.1) is 60.6 Å². The first kappa shape index (κ1) is 66.2. The number of benzene rings is 1. The summed E-state index contributed by atoms with van der Waals surface area (Å²) in [7, 11) is 0. The number of Topliss-reactive ketones (excluding diaryl/α,β-unsaturated/α-hetero) is 2. The Bertz CT molecular complexity index is 4180. The summed E-state index contributed by atoms with van der Waals surface area (Å²) in [4.78, 5) is 108. The molecule has 0 spiro atoms. The molecule has 5 aliphatic heterocycles. The Morgan fingerprint density at radius 3 is 1.65 bits per heavy atom. The van der Waals surface area contributed by atoms with Gasteiger partial charge in [0.1, 0.15) is 11.0 Å². The number of carbonyl (C=O) groups is 4. The highest BCUT2D eigenvalue weighted by molar-refractivity contribution is 8.19. The first-order valence-electron chi connectivity index (χ1n) is 31.6. The molecule has 0 atom stereocenters. The van der Waals surface area contributed by atoms with Gasteiger partial charge in [0, 0.05) is 87.9 Å². The van der Waals surface area contributed by atoms with Crippen LogP contribution in [0, 0.1) is 23.6 Å². The van der Waals surface area contributed by atoms with E-state index in [1.807, 2.05) is 30.5 Å². The summed E-state index contributed by atoms with van der Waals surface area (Å²) in [6, 6.07) is 22.9. The van der Waals surface area contributed by atoms with Gasteiger partial charge in [0.15, 0.2) is 11.6 Å². The third-order valence-corrected chi connectivity index (χ3v) is 20.0. The number of thioether (sulfide) groups is 2. The van der Waals surface area contributed by atoms with Crippen LogP contribution in [0.4, 0.5) is 22.2 Å². The summed E-state index contributed by atoms with van der Waals surface area (Å²) in [6.45, 7) is 11.1. The Balaban J connectivity index is 0.000000143. The van der Waals surface area contributed by atoms with Crippen molar-refractivity contribution in [3.05, 3.63) is 184 Å². The molecular formula is C69H72ClFN14O5S3. The Kier molecular flexibility index (Phi) is 23.2. The molecule has 24 heteroatoms. The third kappa shape index (κ3) is 19.2. The average molecular weight is 1330 g/mol. The van der Waals surface area contributed by atoms with E-state index in [0.717, 1.165) is 169 Å². The molecule has 0 aliphatic carbocycles. The van der Waals surface area contributed by atoms with Crippen LogP contribution in [0.2, 0.25) is 5.15 Å². The van der Waals surface area contributed by atoms with E-state index in [1.54, 1.807) is 61.2 Å². The van der Waals surface area contributed by atoms with E-state index < -0.39 is 0 Å². The standard InChI is InChI=1S/C25H26N6OS.C22H23ClN4O2S.C22H23FN4O2S/c1-17-29-24(32)23(33-17)14-20-7-11-28-25(30-20)31-12-8-18(9-13-31)15-26-16-19-6-10-27-22-5-3-2-4-21(19)22;23-20-12-16(4-8-24-20)3-1-2-15-6-10-27(11-7-15)22-25-9-5-17(26-22)13-19-18(28)14-21(29)30-19;23-16-4-5-17(25-14-16)3-1-2-15-7-10-27(11-8-15)22-24-9-6-18(26-22)12-20-19(28)13-21(29)30-20/h2-7,10-11,14,18,26H,1,8-9,12-13,15-16H2,(H,29,32);4-5,8-9,12-13,15H,1-3,6-7,10-11,14H2;4-6,9,12,14-15H,1-3,7-8,10-11,13H2/b23-14-;19-13-;20-12-. The van der Waals surface area contributed by atoms with Crippen molar-refractivity contribution in [2.45, 2.75) is 96.4 Å². The number of hydrogen-bond donors (Lipinski definition) is 2. The minimum atomic E-state index is -0.296. The molecule has 5 aliphatic rings. The summed E-state index contributed by atoms with van der Waals surface area (Å²) in [5.41, 5.74) is 6.44. The number of H-pyrrole nitrogens is 1. The molecule has 0 saturated carbocycles. The largest absolute Gasteiger partial charge is 0.341 e. The fraction of sp³-hybridized carbons (Fsp3) is 0.362. The summed E-state index contributed by atoms with van der Waals surface area (Å²) < 4.78 is 14.2. The van der Waals surface area contributed by atoms with E-state index in [1.165, 1.54) is 46.5 Å². The lowest BCUT2D eigenvalue weighted by atomic mass is 9.91. The molecule has 93 heavy (non-hydrogen) atoms. The van der Waals surface area contributed by atoms with Crippen LogP contribution in [-0.2, 0) is 38.6 Å². The van der Waals surface area contributed by atoms with Gasteiger partial charge in [-0.2, -0.15) is 0 Å². The molecule has 19 nitrogen and oxygen atoms in total. The number of thiazole rings is 1. The smallest absolute Gasteiger partial charge is 0.266 e. The van der Waals surface area contributed by atoms with E-state index in [4.69, 9.17) is 11.6 Å². The number of halogens is 2. The number of carbonyl (C=O) groups excluding carboxylic acids is 4. The quantitative estimate of drug-likeness (QED) is 0.0461. The van der Waals surface area contributed by atoms with E-state index in [2.05, 4.69) is 101 Å². The highest BCUT2D eigenvalue weighted by Crippen LogP contribution is 2.33. The maximum atomic E-state index is 12.9. The lowest BCUT2D eigenvalue weighted by molar-refractivity contribution is -0.120. The molecule has 12 heterocycles. The first-order valence-corrected chi connectivity index (χ1v) is 34.4. The van der Waals surface area contributed by atoms with Gasteiger partial charge in [-0.15, -0.1) is 11.3 Å². The third-order valence-electron chi connectivity index (χ3n) is 17.0. The average Bonchev–Trinajstić information content (AvgIpc) is 2.20. The molecule has 0 unspecified atom stereocenters. The number of anilines is 3. The van der Waals surface area contributed by atoms with Crippen molar-refractivity contribution < 1.29 is 23.6 Å². The van der Waals surface area contributed by atoms with Gasteiger partial charge in [-0.05, 0) is 209 Å². The van der Waals surface area contributed by atoms with Gasteiger partial charge >= 0.3 is 0 Å². The molecule has 480 valence electrons. The highest BCUT2D eigenvalue weighted by Gasteiger charge is 2.29. The van der Waals surface area contributed by atoms with Crippen LogP contribution in [0.5, 0.6) is 0 Å². The number of ketones is 2. The molecule has 8 aromatic rings. The monoisotopic (exact) mass is 1330 g/mol. The van der Waals surface area contributed by atoms with Crippen LogP contribution in [0.15, 0.2) is 125 Å². The second-order valence-electron chi connectivity index (χ2n) is 23.6. The summed E-state index contributed by atoms with van der Waals surface area (Å²) in [5.74, 6) is 3.52. The van der Waals surface area contributed by atoms with Gasteiger partial charge in [-0.3, -0.25) is 33.9 Å². The molecule has 1 aromatic carbocycles. The lowest BCUT2D eigenvalue weighted by Crippen LogP contribution is -2.38. The second kappa shape index (κ2) is 32.6. The number of aromatic nitrogens is 10. The zero-order valence-electron chi connectivity index (χ0n) is 51.5. The number of hydrogen-bond acceptors (Lipinski definition) is 21. The van der Waals surface area contributed by atoms with Crippen molar-refractivity contribution in [2.24, 2.45) is 17.8 Å². The zero-order chi connectivity index (χ0) is 64.5. The fourth-order valence-electron chi connectivity index (χ4n) is 12.0. The molecule has 7 aromatic heterocycles. The van der Waals surface area contributed by atoms with Crippen molar-refractivity contribution in [2.75, 3.05) is 60.5 Å². The molecule has 0 bridgehead atoms. The van der Waals surface area contributed by atoms with Crippen LogP contribution >= 0.6 is 46.5 Å². The summed E-state index contributed by atoms with van der Waals surface area (Å²) >= 11 is 9.29. The topological polar surface area (TPSA) is 239 Å². The predicted molar refractivity (Wildman–Crippen MR) is 367 cm³/mol. The maximum absolute atomic E-state index is 12.9. The Morgan fingerprint density at radius 1 is 0.602 bits per heavy atom. The normalized spacial score (nSPS) is 17.8. The number of rotatable bonds is 18. The zero-order valence-corrected chi connectivity index (χ0v) is 54.7. The molecule has 0 amide bonds. The van der Waals surface area contributed by atoms with Gasteiger partial charge < -0.3 is 25.0 Å². The lowest BCUT2D eigenvalue weighted by Gasteiger charge is -2.32.